The molecule has 0 unspecified atom stereocenters. The Morgan fingerprint density at radius 3 is 2.66 bits per heavy atom. The standard InChI is InChI=1S/C21H20ClN3O3S/c1-27-17-8-5-14(11-18(17)28-2)20(26)23-12-16-19(13-3-6-15(22)7-4-13)24-21-25(16)9-10-29-21/h3-8,11H,9-10,12H2,1-2H3,(H,23,26). The van der Waals surface area contributed by atoms with Crippen molar-refractivity contribution < 1.29 is 14.3 Å². The number of halogens is 1. The fourth-order valence-corrected chi connectivity index (χ4v) is 4.39. The van der Waals surface area contributed by atoms with Crippen LogP contribution in [0.5, 0.6) is 11.5 Å². The molecule has 3 aromatic rings. The van der Waals surface area contributed by atoms with Crippen molar-refractivity contribution in [1.29, 1.82) is 0 Å². The van der Waals surface area contributed by atoms with Gasteiger partial charge in [0.15, 0.2) is 16.7 Å². The molecule has 2 aromatic carbocycles. The van der Waals surface area contributed by atoms with E-state index in [-0.39, 0.29) is 5.91 Å². The number of carbonyl (C=O) groups excluding carboxylic acids is 1. The Balaban J connectivity index is 1.58. The molecule has 6 nitrogen and oxygen atoms in total. The van der Waals surface area contributed by atoms with Gasteiger partial charge in [-0.25, -0.2) is 4.98 Å². The van der Waals surface area contributed by atoms with Gasteiger partial charge >= 0.3 is 0 Å². The smallest absolute Gasteiger partial charge is 0.251 e. The summed E-state index contributed by atoms with van der Waals surface area (Å²) in [7, 11) is 3.11. The number of aromatic nitrogens is 2. The molecule has 0 fully saturated rings. The summed E-state index contributed by atoms with van der Waals surface area (Å²) < 4.78 is 12.7. The zero-order chi connectivity index (χ0) is 20.4. The molecule has 1 amide bonds. The number of nitrogens with one attached hydrogen (secondary N) is 1. The van der Waals surface area contributed by atoms with Gasteiger partial charge in [0.25, 0.3) is 5.91 Å². The van der Waals surface area contributed by atoms with E-state index in [0.29, 0.717) is 28.6 Å². The Morgan fingerprint density at radius 2 is 1.93 bits per heavy atom. The molecule has 1 aromatic heterocycles. The first-order valence-corrected chi connectivity index (χ1v) is 10.5. The van der Waals surface area contributed by atoms with Gasteiger partial charge in [0.1, 0.15) is 0 Å². The molecule has 2 heterocycles. The van der Waals surface area contributed by atoms with Crippen molar-refractivity contribution in [3.8, 4) is 22.8 Å². The normalized spacial score (nSPS) is 12.5. The van der Waals surface area contributed by atoms with Gasteiger partial charge in [-0.2, -0.15) is 0 Å². The number of nitrogens with zero attached hydrogens (tertiary/aromatic N) is 2. The van der Waals surface area contributed by atoms with Crippen LogP contribution in [0.3, 0.4) is 0 Å². The number of benzene rings is 2. The Morgan fingerprint density at radius 1 is 1.17 bits per heavy atom. The number of imidazole rings is 1. The zero-order valence-electron chi connectivity index (χ0n) is 16.1. The van der Waals surface area contributed by atoms with Crippen LogP contribution < -0.4 is 14.8 Å². The number of carbonyl (C=O) groups is 1. The number of hydrogen-bond acceptors (Lipinski definition) is 5. The van der Waals surface area contributed by atoms with Gasteiger partial charge in [0.05, 0.1) is 32.2 Å². The van der Waals surface area contributed by atoms with E-state index in [4.69, 9.17) is 26.1 Å². The Kier molecular flexibility index (Phi) is 5.69. The number of thioether (sulfide) groups is 1. The van der Waals surface area contributed by atoms with Crippen molar-refractivity contribution in [3.05, 3.63) is 58.7 Å². The summed E-state index contributed by atoms with van der Waals surface area (Å²) in [6, 6.07) is 12.7. The third kappa shape index (κ3) is 3.93. The van der Waals surface area contributed by atoms with Gasteiger partial charge in [-0.3, -0.25) is 4.79 Å². The predicted octanol–water partition coefficient (Wildman–Crippen LogP) is 4.26. The molecule has 1 aliphatic rings. The Bertz CT molecular complexity index is 1050. The lowest BCUT2D eigenvalue weighted by Crippen LogP contribution is -2.24. The second-order valence-electron chi connectivity index (χ2n) is 6.45. The highest BCUT2D eigenvalue weighted by molar-refractivity contribution is 7.99. The van der Waals surface area contributed by atoms with Crippen LogP contribution >= 0.6 is 23.4 Å². The fraction of sp³-hybridized carbons (Fsp3) is 0.238. The van der Waals surface area contributed by atoms with Gasteiger partial charge in [-0.1, -0.05) is 35.5 Å². The molecule has 0 spiro atoms. The monoisotopic (exact) mass is 429 g/mol. The number of amides is 1. The molecule has 0 atom stereocenters. The lowest BCUT2D eigenvalue weighted by atomic mass is 10.1. The number of methoxy groups -OCH3 is 2. The number of fused-ring (bicyclic) bond motifs is 1. The van der Waals surface area contributed by atoms with Crippen molar-refractivity contribution in [2.75, 3.05) is 20.0 Å². The molecule has 8 heteroatoms. The largest absolute Gasteiger partial charge is 0.493 e. The minimum absolute atomic E-state index is 0.186. The molecule has 0 saturated heterocycles. The van der Waals surface area contributed by atoms with E-state index in [1.165, 1.54) is 0 Å². The van der Waals surface area contributed by atoms with E-state index in [0.717, 1.165) is 34.4 Å². The van der Waals surface area contributed by atoms with E-state index >= 15 is 0 Å². The molecule has 150 valence electrons. The van der Waals surface area contributed by atoms with Crippen molar-refractivity contribution in [2.24, 2.45) is 0 Å². The molecular weight excluding hydrogens is 410 g/mol. The van der Waals surface area contributed by atoms with Crippen LogP contribution in [0.4, 0.5) is 0 Å². The fourth-order valence-electron chi connectivity index (χ4n) is 3.29. The maximum atomic E-state index is 12.7. The molecule has 29 heavy (non-hydrogen) atoms. The molecular formula is C21H20ClN3O3S. The summed E-state index contributed by atoms with van der Waals surface area (Å²) in [6.07, 6.45) is 0. The summed E-state index contributed by atoms with van der Waals surface area (Å²) in [5.41, 5.74) is 3.34. The second-order valence-corrected chi connectivity index (χ2v) is 7.95. The highest BCUT2D eigenvalue weighted by atomic mass is 35.5. The third-order valence-corrected chi connectivity index (χ3v) is 5.97. The molecule has 0 radical (unpaired) electrons. The van der Waals surface area contributed by atoms with Crippen LogP contribution in [-0.2, 0) is 13.1 Å². The maximum absolute atomic E-state index is 12.7. The maximum Gasteiger partial charge on any atom is 0.251 e. The van der Waals surface area contributed by atoms with E-state index in [1.807, 2.05) is 24.3 Å². The molecule has 0 bridgehead atoms. The summed E-state index contributed by atoms with van der Waals surface area (Å²) in [4.78, 5) is 17.5. The Labute approximate surface area is 178 Å². The van der Waals surface area contributed by atoms with Crippen molar-refractivity contribution in [1.82, 2.24) is 14.9 Å². The number of hydrogen-bond donors (Lipinski definition) is 1. The molecule has 1 N–H and O–H groups in total. The van der Waals surface area contributed by atoms with Crippen molar-refractivity contribution in [2.45, 2.75) is 18.2 Å². The van der Waals surface area contributed by atoms with Gasteiger partial charge in [0.2, 0.25) is 0 Å². The summed E-state index contributed by atoms with van der Waals surface area (Å²) in [6.45, 7) is 1.25. The first-order chi connectivity index (χ1) is 14.1. The molecule has 0 aliphatic carbocycles. The van der Waals surface area contributed by atoms with E-state index < -0.39 is 0 Å². The van der Waals surface area contributed by atoms with Crippen LogP contribution in [0.25, 0.3) is 11.3 Å². The molecule has 0 saturated carbocycles. The number of rotatable bonds is 6. The average molecular weight is 430 g/mol. The molecule has 1 aliphatic heterocycles. The minimum atomic E-state index is -0.186. The van der Waals surface area contributed by atoms with Gasteiger partial charge in [-0.15, -0.1) is 0 Å². The van der Waals surface area contributed by atoms with Gasteiger partial charge in [0, 0.05) is 28.4 Å². The van der Waals surface area contributed by atoms with Gasteiger partial charge < -0.3 is 19.4 Å². The second kappa shape index (κ2) is 8.39. The van der Waals surface area contributed by atoms with Crippen molar-refractivity contribution >= 4 is 29.3 Å². The summed E-state index contributed by atoms with van der Waals surface area (Å²) in [5.74, 6) is 1.90. The lowest BCUT2D eigenvalue weighted by molar-refractivity contribution is 0.0949. The number of ether oxygens (including phenoxy) is 2. The van der Waals surface area contributed by atoms with Crippen LogP contribution in [0.15, 0.2) is 47.6 Å². The van der Waals surface area contributed by atoms with E-state index in [9.17, 15) is 4.79 Å². The first-order valence-electron chi connectivity index (χ1n) is 9.09. The minimum Gasteiger partial charge on any atom is -0.493 e. The zero-order valence-corrected chi connectivity index (χ0v) is 17.6. The van der Waals surface area contributed by atoms with Crippen molar-refractivity contribution in [3.63, 3.8) is 0 Å². The van der Waals surface area contributed by atoms with Gasteiger partial charge in [-0.05, 0) is 30.3 Å². The third-order valence-electron chi connectivity index (χ3n) is 4.76. The highest BCUT2D eigenvalue weighted by Crippen LogP contribution is 2.34. The highest BCUT2D eigenvalue weighted by Gasteiger charge is 2.23. The lowest BCUT2D eigenvalue weighted by Gasteiger charge is -2.12. The van der Waals surface area contributed by atoms with E-state index in [1.54, 1.807) is 44.2 Å². The average Bonchev–Trinajstić information content (AvgIpc) is 3.33. The van der Waals surface area contributed by atoms with Crippen LogP contribution in [0, 0.1) is 0 Å². The van der Waals surface area contributed by atoms with Crippen LogP contribution in [-0.4, -0.2) is 35.4 Å². The van der Waals surface area contributed by atoms with Crippen LogP contribution in [0.2, 0.25) is 5.02 Å². The molecule has 4 rings (SSSR count). The summed E-state index contributed by atoms with van der Waals surface area (Å²) >= 11 is 7.75. The van der Waals surface area contributed by atoms with E-state index in [2.05, 4.69) is 9.88 Å². The SMILES string of the molecule is COc1ccc(C(=O)NCc2c(-c3ccc(Cl)cc3)nc3n2CCS3)cc1OC. The predicted molar refractivity (Wildman–Crippen MR) is 114 cm³/mol. The topological polar surface area (TPSA) is 65.4 Å². The quantitative estimate of drug-likeness (QED) is 0.634. The van der Waals surface area contributed by atoms with Crippen LogP contribution in [0.1, 0.15) is 16.1 Å². The Hall–Kier alpha value is -2.64. The first kappa shape index (κ1) is 19.7. The summed E-state index contributed by atoms with van der Waals surface area (Å²) in [5, 5.41) is 4.67.